The van der Waals surface area contributed by atoms with Crippen molar-refractivity contribution in [1.82, 2.24) is 4.57 Å². The second-order valence-electron chi connectivity index (χ2n) is 7.87. The van der Waals surface area contributed by atoms with E-state index in [0.717, 1.165) is 0 Å². The molecule has 0 N–H and O–H groups in total. The minimum absolute atomic E-state index is 1.18. The minimum atomic E-state index is -10.7. The van der Waals surface area contributed by atoms with Gasteiger partial charge in [-0.15, -0.1) is 0 Å². The Morgan fingerprint density at radius 1 is 0.655 bits per heavy atom. The molecule has 0 bridgehead atoms. The van der Waals surface area contributed by atoms with Gasteiger partial charge < -0.3 is 0 Å². The molecule has 1 rings (SSSR count). The predicted octanol–water partition coefficient (Wildman–Crippen LogP) is 9.18. The zero-order chi connectivity index (χ0) is 22.3. The molecule has 1 aromatic rings. The number of imidazole rings is 1. The molecule has 0 saturated carbocycles. The summed E-state index contributed by atoms with van der Waals surface area (Å²) in [7, 11) is -8.57. The summed E-state index contributed by atoms with van der Waals surface area (Å²) < 4.78 is 63.6. The molecule has 0 unspecified atom stereocenters. The van der Waals surface area contributed by atoms with Crippen molar-refractivity contribution in [2.45, 2.75) is 103 Å². The number of halogens is 6. The van der Waals surface area contributed by atoms with Gasteiger partial charge in [-0.2, -0.15) is 0 Å². The molecule has 0 fully saturated rings. The Morgan fingerprint density at radius 2 is 1.00 bits per heavy atom. The molecule has 0 amide bonds. The summed E-state index contributed by atoms with van der Waals surface area (Å²) >= 11 is 0. The molecular formula is C20H39F6N2P. The number of hydrogen-bond acceptors (Lipinski definition) is 0. The van der Waals surface area contributed by atoms with Gasteiger partial charge in [0.05, 0.1) is 13.6 Å². The summed E-state index contributed by atoms with van der Waals surface area (Å²) in [6.07, 6.45) is 26.5. The van der Waals surface area contributed by atoms with Crippen LogP contribution in [0.3, 0.4) is 0 Å². The molecule has 0 aromatic carbocycles. The van der Waals surface area contributed by atoms with Crippen LogP contribution in [0.1, 0.15) is 96.8 Å². The van der Waals surface area contributed by atoms with E-state index in [0.29, 0.717) is 0 Å². The van der Waals surface area contributed by atoms with Gasteiger partial charge in [0.15, 0.2) is 0 Å². The third kappa shape index (κ3) is 29.5. The molecule has 1 heterocycles. The zero-order valence-corrected chi connectivity index (χ0v) is 18.8. The number of aromatic nitrogens is 2. The van der Waals surface area contributed by atoms with E-state index < -0.39 is 7.81 Å². The average Bonchev–Trinajstić information content (AvgIpc) is 2.97. The Bertz CT molecular complexity index is 516. The molecular weight excluding hydrogens is 413 g/mol. The molecule has 0 aliphatic heterocycles. The second kappa shape index (κ2) is 12.8. The van der Waals surface area contributed by atoms with Crippen LogP contribution < -0.4 is 4.57 Å². The Morgan fingerprint density at radius 3 is 1.31 bits per heavy atom. The second-order valence-corrected chi connectivity index (χ2v) is 9.79. The molecule has 0 radical (unpaired) electrons. The first kappa shape index (κ1) is 28.2. The predicted molar refractivity (Wildman–Crippen MR) is 109 cm³/mol. The van der Waals surface area contributed by atoms with Crippen molar-refractivity contribution in [2.75, 3.05) is 0 Å². The van der Waals surface area contributed by atoms with E-state index in [9.17, 15) is 25.2 Å². The summed E-state index contributed by atoms with van der Waals surface area (Å²) in [6, 6.07) is 0. The molecule has 0 atom stereocenters. The molecule has 9 heteroatoms. The molecule has 0 aliphatic rings. The van der Waals surface area contributed by atoms with Crippen molar-refractivity contribution in [3.05, 3.63) is 18.7 Å². The van der Waals surface area contributed by atoms with Gasteiger partial charge in [0.25, 0.3) is 0 Å². The van der Waals surface area contributed by atoms with Crippen LogP contribution in [0.2, 0.25) is 0 Å². The number of unbranched alkanes of at least 4 members (excludes halogenated alkanes) is 13. The fourth-order valence-corrected chi connectivity index (χ4v) is 3.12. The fraction of sp³-hybridized carbons (Fsp3) is 0.850. The standard InChI is InChI=1S/C20H39N2.F6P/c1-3-4-5-6-7-8-9-10-11-12-13-14-15-16-17-22-19-18-21(2)20-22;1-7(2,3,4,5)6/h18-20H,3-17H2,1-2H3;/q+1;-1. The van der Waals surface area contributed by atoms with Crippen LogP contribution in [0, 0.1) is 0 Å². The van der Waals surface area contributed by atoms with Crippen molar-refractivity contribution in [3.8, 4) is 0 Å². The number of rotatable bonds is 15. The third-order valence-electron chi connectivity index (χ3n) is 4.59. The van der Waals surface area contributed by atoms with Gasteiger partial charge >= 0.3 is 33.0 Å². The fourth-order valence-electron chi connectivity index (χ4n) is 3.12. The average molecular weight is 453 g/mol. The van der Waals surface area contributed by atoms with Crippen molar-refractivity contribution in [2.24, 2.45) is 7.05 Å². The summed E-state index contributed by atoms with van der Waals surface area (Å²) in [5.41, 5.74) is 0. The first-order valence-corrected chi connectivity index (χ1v) is 12.9. The number of aryl methyl sites for hydroxylation is 2. The van der Waals surface area contributed by atoms with E-state index in [2.05, 4.69) is 41.8 Å². The van der Waals surface area contributed by atoms with Crippen LogP contribution in [-0.4, -0.2) is 4.57 Å². The van der Waals surface area contributed by atoms with Gasteiger partial charge in [0, 0.05) is 0 Å². The maximum atomic E-state index is 9.87. The van der Waals surface area contributed by atoms with Crippen LogP contribution in [0.25, 0.3) is 0 Å². The number of nitrogens with zero attached hydrogens (tertiary/aromatic N) is 2. The van der Waals surface area contributed by atoms with Crippen LogP contribution in [0.4, 0.5) is 25.2 Å². The normalized spacial score (nSPS) is 14.1. The Kier molecular flexibility index (Phi) is 12.5. The molecule has 1 aromatic heterocycles. The maximum absolute atomic E-state index is 10.7. The van der Waals surface area contributed by atoms with Crippen LogP contribution in [-0.2, 0) is 13.6 Å². The van der Waals surface area contributed by atoms with Crippen LogP contribution in [0.5, 0.6) is 0 Å². The van der Waals surface area contributed by atoms with E-state index in [1.54, 1.807) is 0 Å². The van der Waals surface area contributed by atoms with Crippen molar-refractivity contribution >= 4 is 7.81 Å². The number of hydrogen-bond donors (Lipinski definition) is 0. The first-order chi connectivity index (χ1) is 13.3. The summed E-state index contributed by atoms with van der Waals surface area (Å²) in [6.45, 7) is 3.47. The molecule has 176 valence electrons. The van der Waals surface area contributed by atoms with E-state index in [4.69, 9.17) is 0 Å². The third-order valence-corrected chi connectivity index (χ3v) is 4.59. The summed E-state index contributed by atoms with van der Waals surface area (Å²) in [5.74, 6) is 0. The van der Waals surface area contributed by atoms with E-state index in [-0.39, 0.29) is 0 Å². The first-order valence-electron chi connectivity index (χ1n) is 10.9. The van der Waals surface area contributed by atoms with Gasteiger partial charge in [0.1, 0.15) is 12.4 Å². The summed E-state index contributed by atoms with van der Waals surface area (Å²) in [5, 5.41) is 0. The van der Waals surface area contributed by atoms with E-state index in [1.165, 1.54) is 96.4 Å². The molecule has 0 saturated heterocycles. The van der Waals surface area contributed by atoms with Crippen molar-refractivity contribution in [1.29, 1.82) is 0 Å². The van der Waals surface area contributed by atoms with E-state index in [1.807, 2.05) is 0 Å². The summed E-state index contributed by atoms with van der Waals surface area (Å²) in [4.78, 5) is 0. The molecule has 2 nitrogen and oxygen atoms in total. The van der Waals surface area contributed by atoms with Crippen LogP contribution in [0.15, 0.2) is 18.7 Å². The van der Waals surface area contributed by atoms with Gasteiger partial charge in [-0.25, -0.2) is 9.13 Å². The topological polar surface area (TPSA) is 8.81 Å². The quantitative estimate of drug-likeness (QED) is 0.109. The monoisotopic (exact) mass is 452 g/mol. The Balaban J connectivity index is 0.000000956. The Labute approximate surface area is 171 Å². The zero-order valence-electron chi connectivity index (χ0n) is 17.9. The molecule has 29 heavy (non-hydrogen) atoms. The van der Waals surface area contributed by atoms with Gasteiger partial charge in [-0.1, -0.05) is 84.0 Å². The SMILES string of the molecule is CCCCCCCCCCCCCCCC[n+]1ccn(C)c1.F[P-](F)(F)(F)(F)F. The molecule has 0 spiro atoms. The van der Waals surface area contributed by atoms with E-state index >= 15 is 0 Å². The molecule has 0 aliphatic carbocycles. The van der Waals surface area contributed by atoms with Gasteiger partial charge in [-0.05, 0) is 12.8 Å². The van der Waals surface area contributed by atoms with Gasteiger partial charge in [0.2, 0.25) is 6.33 Å². The van der Waals surface area contributed by atoms with Crippen molar-refractivity contribution < 1.29 is 29.7 Å². The Hall–Kier alpha value is -0.780. The van der Waals surface area contributed by atoms with Crippen molar-refractivity contribution in [3.63, 3.8) is 0 Å². The van der Waals surface area contributed by atoms with Crippen LogP contribution >= 0.6 is 7.81 Å². The van der Waals surface area contributed by atoms with Gasteiger partial charge in [-0.3, -0.25) is 0 Å².